The molecule has 1 aliphatic heterocycles. The highest BCUT2D eigenvalue weighted by atomic mass is 32.1. The highest BCUT2D eigenvalue weighted by Gasteiger charge is 2.25. The van der Waals surface area contributed by atoms with Crippen LogP contribution in [0.3, 0.4) is 0 Å². The van der Waals surface area contributed by atoms with Crippen molar-refractivity contribution in [1.29, 1.82) is 0 Å². The SMILES string of the molecule is CCCN1CCN(c2nn3c(NC(C)(C)C)c(-c4ccc(N(C)C)cc4)nc3s2)CC1. The summed E-state index contributed by atoms with van der Waals surface area (Å²) >= 11 is 1.68. The molecular weight excluding hydrogens is 406 g/mol. The summed E-state index contributed by atoms with van der Waals surface area (Å²) in [4.78, 5) is 13.0. The van der Waals surface area contributed by atoms with E-state index in [9.17, 15) is 0 Å². The second kappa shape index (κ2) is 8.67. The van der Waals surface area contributed by atoms with Crippen molar-refractivity contribution < 1.29 is 0 Å². The first-order valence-electron chi connectivity index (χ1n) is 11.2. The van der Waals surface area contributed by atoms with Gasteiger partial charge in [0.2, 0.25) is 10.1 Å². The summed E-state index contributed by atoms with van der Waals surface area (Å²) in [6.45, 7) is 14.2. The Morgan fingerprint density at radius 2 is 1.74 bits per heavy atom. The maximum Gasteiger partial charge on any atom is 0.216 e. The van der Waals surface area contributed by atoms with E-state index in [2.05, 4.69) is 86.1 Å². The van der Waals surface area contributed by atoms with E-state index in [1.807, 2.05) is 4.52 Å². The lowest BCUT2D eigenvalue weighted by atomic mass is 10.1. The number of nitrogens with zero attached hydrogens (tertiary/aromatic N) is 6. The summed E-state index contributed by atoms with van der Waals surface area (Å²) in [6, 6.07) is 8.56. The Bertz CT molecular complexity index is 1010. The van der Waals surface area contributed by atoms with Crippen molar-refractivity contribution in [2.75, 3.05) is 61.9 Å². The third kappa shape index (κ3) is 4.80. The van der Waals surface area contributed by atoms with Crippen LogP contribution in [0.5, 0.6) is 0 Å². The minimum Gasteiger partial charge on any atom is -0.378 e. The third-order valence-electron chi connectivity index (χ3n) is 5.53. The molecule has 31 heavy (non-hydrogen) atoms. The van der Waals surface area contributed by atoms with E-state index in [4.69, 9.17) is 10.1 Å². The van der Waals surface area contributed by atoms with Crippen LogP contribution in [0.15, 0.2) is 24.3 Å². The van der Waals surface area contributed by atoms with Gasteiger partial charge in [0, 0.05) is 57.1 Å². The second-order valence-electron chi connectivity index (χ2n) is 9.53. The Kier molecular flexibility index (Phi) is 6.12. The second-order valence-corrected chi connectivity index (χ2v) is 10.5. The molecule has 0 radical (unpaired) electrons. The summed E-state index contributed by atoms with van der Waals surface area (Å²) in [5, 5.41) is 9.71. The van der Waals surface area contributed by atoms with Crippen molar-refractivity contribution in [3.63, 3.8) is 0 Å². The van der Waals surface area contributed by atoms with Crippen LogP contribution in [-0.4, -0.2) is 71.9 Å². The first kappa shape index (κ1) is 21.9. The lowest BCUT2D eigenvalue weighted by Gasteiger charge is -2.34. The number of imidazole rings is 1. The van der Waals surface area contributed by atoms with Gasteiger partial charge in [0.25, 0.3) is 0 Å². The third-order valence-corrected chi connectivity index (χ3v) is 6.50. The molecule has 7 nitrogen and oxygen atoms in total. The molecule has 3 heterocycles. The predicted molar refractivity (Wildman–Crippen MR) is 133 cm³/mol. The molecule has 1 aromatic carbocycles. The van der Waals surface area contributed by atoms with Gasteiger partial charge in [0.1, 0.15) is 5.69 Å². The molecular formula is C23H35N7S. The highest BCUT2D eigenvalue weighted by Crippen LogP contribution is 2.35. The minimum absolute atomic E-state index is 0.0934. The van der Waals surface area contributed by atoms with E-state index in [0.717, 1.165) is 53.3 Å². The van der Waals surface area contributed by atoms with Crippen LogP contribution in [0.2, 0.25) is 0 Å². The van der Waals surface area contributed by atoms with Crippen LogP contribution >= 0.6 is 11.3 Å². The predicted octanol–water partition coefficient (Wildman–Crippen LogP) is 4.27. The van der Waals surface area contributed by atoms with Gasteiger partial charge in [-0.3, -0.25) is 4.90 Å². The Morgan fingerprint density at radius 1 is 1.06 bits per heavy atom. The van der Waals surface area contributed by atoms with Crippen molar-refractivity contribution in [2.24, 2.45) is 0 Å². The zero-order valence-corrected chi connectivity index (χ0v) is 20.5. The first-order chi connectivity index (χ1) is 14.7. The van der Waals surface area contributed by atoms with Crippen molar-refractivity contribution in [3.8, 4) is 11.3 Å². The summed E-state index contributed by atoms with van der Waals surface area (Å²) in [6.07, 6.45) is 1.21. The van der Waals surface area contributed by atoms with E-state index in [1.54, 1.807) is 11.3 Å². The molecule has 168 valence electrons. The maximum atomic E-state index is 5.01. The summed E-state index contributed by atoms with van der Waals surface area (Å²) in [5.41, 5.74) is 3.14. The van der Waals surface area contributed by atoms with Gasteiger partial charge in [-0.25, -0.2) is 4.98 Å². The normalized spacial score (nSPS) is 15.6. The number of benzene rings is 1. The molecule has 1 N–H and O–H groups in total. The van der Waals surface area contributed by atoms with Gasteiger partial charge >= 0.3 is 0 Å². The minimum atomic E-state index is -0.0934. The van der Waals surface area contributed by atoms with Gasteiger partial charge in [-0.15, -0.1) is 5.10 Å². The molecule has 0 bridgehead atoms. The number of aromatic nitrogens is 3. The molecule has 0 saturated carbocycles. The monoisotopic (exact) mass is 441 g/mol. The Labute approximate surface area is 189 Å². The van der Waals surface area contributed by atoms with Crippen LogP contribution in [0, 0.1) is 0 Å². The average Bonchev–Trinajstić information content (AvgIpc) is 3.27. The van der Waals surface area contributed by atoms with E-state index in [-0.39, 0.29) is 5.54 Å². The first-order valence-corrected chi connectivity index (χ1v) is 12.0. The van der Waals surface area contributed by atoms with E-state index in [0.29, 0.717) is 0 Å². The standard InChI is InChI=1S/C23H35N7S/c1-7-12-28-13-15-29(16-14-28)22-26-30-20(25-23(2,3)4)19(24-21(30)31-22)17-8-10-18(11-9-17)27(5)6/h8-11,25H,7,12-16H2,1-6H3. The number of rotatable bonds is 6. The number of hydrogen-bond donors (Lipinski definition) is 1. The van der Waals surface area contributed by atoms with Crippen LogP contribution < -0.4 is 15.1 Å². The summed E-state index contributed by atoms with van der Waals surface area (Å²) in [7, 11) is 4.11. The smallest absolute Gasteiger partial charge is 0.216 e. The van der Waals surface area contributed by atoms with Gasteiger partial charge in [-0.1, -0.05) is 30.4 Å². The van der Waals surface area contributed by atoms with Gasteiger partial charge in [0.05, 0.1) is 0 Å². The number of piperazine rings is 1. The molecule has 2 aromatic heterocycles. The molecule has 0 amide bonds. The van der Waals surface area contributed by atoms with Crippen molar-refractivity contribution in [1.82, 2.24) is 19.5 Å². The maximum absolute atomic E-state index is 5.01. The fourth-order valence-electron chi connectivity index (χ4n) is 3.93. The molecule has 4 rings (SSSR count). The summed E-state index contributed by atoms with van der Waals surface area (Å²) < 4.78 is 2.00. The molecule has 3 aromatic rings. The topological polar surface area (TPSA) is 51.9 Å². The number of anilines is 3. The Hall–Kier alpha value is -2.32. The fraction of sp³-hybridized carbons (Fsp3) is 0.565. The quantitative estimate of drug-likeness (QED) is 0.617. The largest absolute Gasteiger partial charge is 0.378 e. The molecule has 0 spiro atoms. The highest BCUT2D eigenvalue weighted by molar-refractivity contribution is 7.20. The van der Waals surface area contributed by atoms with Crippen molar-refractivity contribution >= 4 is 32.9 Å². The van der Waals surface area contributed by atoms with Crippen LogP contribution in [0.1, 0.15) is 34.1 Å². The lowest BCUT2D eigenvalue weighted by Crippen LogP contribution is -2.46. The molecule has 0 aliphatic carbocycles. The van der Waals surface area contributed by atoms with Gasteiger partial charge in [0.15, 0.2) is 5.82 Å². The van der Waals surface area contributed by atoms with Crippen LogP contribution in [0.25, 0.3) is 16.2 Å². The lowest BCUT2D eigenvalue weighted by molar-refractivity contribution is 0.258. The van der Waals surface area contributed by atoms with Crippen molar-refractivity contribution in [3.05, 3.63) is 24.3 Å². The average molecular weight is 442 g/mol. The van der Waals surface area contributed by atoms with E-state index < -0.39 is 0 Å². The van der Waals surface area contributed by atoms with Gasteiger partial charge in [-0.05, 0) is 45.9 Å². The molecule has 8 heteroatoms. The fourth-order valence-corrected chi connectivity index (χ4v) is 4.88. The van der Waals surface area contributed by atoms with Crippen LogP contribution in [-0.2, 0) is 0 Å². The van der Waals surface area contributed by atoms with Crippen LogP contribution in [0.4, 0.5) is 16.6 Å². The number of fused-ring (bicyclic) bond motifs is 1. The van der Waals surface area contributed by atoms with Gasteiger partial charge in [-0.2, -0.15) is 4.52 Å². The Morgan fingerprint density at radius 3 is 2.32 bits per heavy atom. The van der Waals surface area contributed by atoms with Gasteiger partial charge < -0.3 is 15.1 Å². The summed E-state index contributed by atoms with van der Waals surface area (Å²) in [5.74, 6) is 0.965. The zero-order chi connectivity index (χ0) is 22.2. The molecule has 1 fully saturated rings. The molecule has 0 atom stereocenters. The van der Waals surface area contributed by atoms with Crippen molar-refractivity contribution in [2.45, 2.75) is 39.7 Å². The molecule has 1 aliphatic rings. The zero-order valence-electron chi connectivity index (χ0n) is 19.6. The molecule has 1 saturated heterocycles. The number of hydrogen-bond acceptors (Lipinski definition) is 7. The number of nitrogens with one attached hydrogen (secondary N) is 1. The van der Waals surface area contributed by atoms with E-state index in [1.165, 1.54) is 18.7 Å². The Balaban J connectivity index is 1.66. The molecule has 0 unspecified atom stereocenters. The van der Waals surface area contributed by atoms with E-state index >= 15 is 0 Å².